The highest BCUT2D eigenvalue weighted by Crippen LogP contribution is 2.41. The van der Waals surface area contributed by atoms with Crippen LogP contribution in [-0.4, -0.2) is 39.1 Å². The second kappa shape index (κ2) is 10.5. The molecule has 2 aromatic rings. The van der Waals surface area contributed by atoms with Crippen LogP contribution in [0.3, 0.4) is 0 Å². The summed E-state index contributed by atoms with van der Waals surface area (Å²) in [7, 11) is 6.01. The van der Waals surface area contributed by atoms with Gasteiger partial charge in [-0.05, 0) is 55.3 Å². The molecule has 1 heterocycles. The Hall–Kier alpha value is -1.67. The van der Waals surface area contributed by atoms with Crippen molar-refractivity contribution in [2.24, 2.45) is 0 Å². The standard InChI is InChI=1S/C22H19BCl3F3N2O/c23-17-9-12(1-3-15(17)21(32)31-14-5-7-30-8-6-14)2-4-16(22(27,28)29)13-10-18(24)20(26)19(25)11-13/h1-4,9-11,14,16,30H,5-8H2,(H,31,32). The number of rotatable bonds is 5. The van der Waals surface area contributed by atoms with Crippen LogP contribution in [0.4, 0.5) is 13.2 Å². The molecule has 1 amide bonds. The van der Waals surface area contributed by atoms with Gasteiger partial charge in [0.1, 0.15) is 7.85 Å². The number of halogens is 6. The Morgan fingerprint density at radius 3 is 2.31 bits per heavy atom. The number of benzene rings is 2. The number of alkyl halides is 3. The number of amides is 1. The highest BCUT2D eigenvalue weighted by molar-refractivity contribution is 6.48. The molecule has 1 saturated heterocycles. The molecular formula is C22H19BCl3F3N2O. The third kappa shape index (κ3) is 6.22. The summed E-state index contributed by atoms with van der Waals surface area (Å²) < 4.78 is 41.1. The van der Waals surface area contributed by atoms with Crippen molar-refractivity contribution in [3.05, 3.63) is 68.2 Å². The quantitative estimate of drug-likeness (QED) is 0.432. The maximum absolute atomic E-state index is 13.7. The lowest BCUT2D eigenvalue weighted by Gasteiger charge is -2.24. The smallest absolute Gasteiger partial charge is 0.349 e. The highest BCUT2D eigenvalue weighted by Gasteiger charge is 2.39. The van der Waals surface area contributed by atoms with E-state index in [4.69, 9.17) is 42.6 Å². The Morgan fingerprint density at radius 1 is 1.12 bits per heavy atom. The van der Waals surface area contributed by atoms with Gasteiger partial charge in [-0.3, -0.25) is 4.79 Å². The van der Waals surface area contributed by atoms with E-state index in [1.165, 1.54) is 18.2 Å². The fourth-order valence-electron chi connectivity index (χ4n) is 3.49. The number of carbonyl (C=O) groups excluding carboxylic acids is 1. The number of hydrogen-bond donors (Lipinski definition) is 2. The maximum atomic E-state index is 13.7. The molecule has 0 saturated carbocycles. The third-order valence-corrected chi connectivity index (χ3v) is 6.39. The van der Waals surface area contributed by atoms with E-state index in [1.54, 1.807) is 6.07 Å². The molecule has 10 heteroatoms. The first kappa shape index (κ1) is 25.0. The molecular weight excluding hydrogens is 482 g/mol. The highest BCUT2D eigenvalue weighted by atomic mass is 35.5. The van der Waals surface area contributed by atoms with Gasteiger partial charge >= 0.3 is 6.18 Å². The molecule has 0 aliphatic carbocycles. The van der Waals surface area contributed by atoms with Crippen molar-refractivity contribution < 1.29 is 18.0 Å². The summed E-state index contributed by atoms with van der Waals surface area (Å²) in [6.07, 6.45) is -0.663. The third-order valence-electron chi connectivity index (χ3n) is 5.19. The van der Waals surface area contributed by atoms with E-state index >= 15 is 0 Å². The van der Waals surface area contributed by atoms with Gasteiger partial charge < -0.3 is 10.6 Å². The second-order valence-electron chi connectivity index (χ2n) is 7.52. The van der Waals surface area contributed by atoms with E-state index in [2.05, 4.69) is 10.6 Å². The van der Waals surface area contributed by atoms with E-state index < -0.39 is 12.1 Å². The molecule has 2 N–H and O–H groups in total. The van der Waals surface area contributed by atoms with Crippen LogP contribution in [-0.2, 0) is 0 Å². The molecule has 3 nitrogen and oxygen atoms in total. The van der Waals surface area contributed by atoms with Crippen molar-refractivity contribution in [3.63, 3.8) is 0 Å². The van der Waals surface area contributed by atoms with Gasteiger partial charge in [-0.2, -0.15) is 13.2 Å². The Balaban J connectivity index is 1.80. The number of piperidine rings is 1. The van der Waals surface area contributed by atoms with Gasteiger partial charge in [0.05, 0.1) is 21.0 Å². The minimum atomic E-state index is -4.59. The van der Waals surface area contributed by atoms with Crippen LogP contribution >= 0.6 is 34.8 Å². The van der Waals surface area contributed by atoms with Gasteiger partial charge in [0, 0.05) is 11.6 Å². The predicted octanol–water partition coefficient (Wildman–Crippen LogP) is 5.28. The summed E-state index contributed by atoms with van der Waals surface area (Å²) in [5, 5.41) is 6.02. The summed E-state index contributed by atoms with van der Waals surface area (Å²) in [5.41, 5.74) is 0.740. The van der Waals surface area contributed by atoms with E-state index in [0.717, 1.165) is 44.1 Å². The summed E-state index contributed by atoms with van der Waals surface area (Å²) in [6.45, 7) is 1.66. The first-order valence-corrected chi connectivity index (χ1v) is 11.0. The summed E-state index contributed by atoms with van der Waals surface area (Å²) in [5.74, 6) is -2.26. The normalized spacial score (nSPS) is 16.3. The lowest BCUT2D eigenvalue weighted by Crippen LogP contribution is -2.43. The fraction of sp³-hybridized carbons (Fsp3) is 0.318. The molecule has 1 atom stereocenters. The molecule has 1 aliphatic rings. The van der Waals surface area contributed by atoms with Gasteiger partial charge in [-0.25, -0.2) is 0 Å². The minimum absolute atomic E-state index is 0.00637. The largest absolute Gasteiger partial charge is 0.399 e. The van der Waals surface area contributed by atoms with Crippen molar-refractivity contribution in [1.29, 1.82) is 0 Å². The summed E-state index contributed by atoms with van der Waals surface area (Å²) >= 11 is 17.7. The predicted molar refractivity (Wildman–Crippen MR) is 124 cm³/mol. The molecule has 0 bridgehead atoms. The van der Waals surface area contributed by atoms with E-state index in [1.807, 2.05) is 0 Å². The van der Waals surface area contributed by atoms with Gasteiger partial charge in [-0.1, -0.05) is 64.6 Å². The zero-order valence-corrected chi connectivity index (χ0v) is 19.0. The number of allylic oxidation sites excluding steroid dienone is 1. The van der Waals surface area contributed by atoms with E-state index in [0.29, 0.717) is 5.56 Å². The molecule has 2 radical (unpaired) electrons. The number of nitrogens with one attached hydrogen (secondary N) is 2. The number of hydrogen-bond acceptors (Lipinski definition) is 2. The lowest BCUT2D eigenvalue weighted by atomic mass is 9.87. The molecule has 0 spiro atoms. The Kier molecular flexibility index (Phi) is 8.20. The van der Waals surface area contributed by atoms with Crippen LogP contribution in [0.2, 0.25) is 15.1 Å². The van der Waals surface area contributed by atoms with Gasteiger partial charge in [0.2, 0.25) is 0 Å². The average Bonchev–Trinajstić information content (AvgIpc) is 2.71. The minimum Gasteiger partial charge on any atom is -0.349 e. The average molecular weight is 502 g/mol. The van der Waals surface area contributed by atoms with Crippen LogP contribution in [0.25, 0.3) is 6.08 Å². The zero-order valence-electron chi connectivity index (χ0n) is 16.8. The van der Waals surface area contributed by atoms with Crippen LogP contribution in [0.5, 0.6) is 0 Å². The van der Waals surface area contributed by atoms with Crippen molar-refractivity contribution in [2.45, 2.75) is 31.0 Å². The van der Waals surface area contributed by atoms with Crippen molar-refractivity contribution in [3.8, 4) is 0 Å². The fourth-order valence-corrected chi connectivity index (χ4v) is 4.11. The lowest BCUT2D eigenvalue weighted by molar-refractivity contribution is -0.139. The second-order valence-corrected chi connectivity index (χ2v) is 8.71. The monoisotopic (exact) mass is 500 g/mol. The molecule has 3 rings (SSSR count). The molecule has 2 aromatic carbocycles. The molecule has 1 aliphatic heterocycles. The number of carbonyl (C=O) groups is 1. The Labute approximate surface area is 200 Å². The Bertz CT molecular complexity index is 1000. The van der Waals surface area contributed by atoms with Crippen molar-refractivity contribution in [2.75, 3.05) is 13.1 Å². The maximum Gasteiger partial charge on any atom is 0.399 e. The Morgan fingerprint density at radius 2 is 1.75 bits per heavy atom. The van der Waals surface area contributed by atoms with Crippen molar-refractivity contribution >= 4 is 60.1 Å². The van der Waals surface area contributed by atoms with Crippen LogP contribution in [0, 0.1) is 0 Å². The van der Waals surface area contributed by atoms with Crippen LogP contribution < -0.4 is 16.1 Å². The van der Waals surface area contributed by atoms with Gasteiger partial charge in [-0.15, -0.1) is 0 Å². The molecule has 1 unspecified atom stereocenters. The SMILES string of the molecule is [B]c1cc(C=CC(c2cc(Cl)c(Cl)c(Cl)c2)C(F)(F)F)ccc1C(=O)NC1CCNCC1. The zero-order chi connectivity index (χ0) is 23.5. The van der Waals surface area contributed by atoms with Gasteiger partial charge in [0.15, 0.2) is 0 Å². The topological polar surface area (TPSA) is 41.1 Å². The summed E-state index contributed by atoms with van der Waals surface area (Å²) in [6, 6.07) is 6.85. The van der Waals surface area contributed by atoms with E-state index in [9.17, 15) is 18.0 Å². The first-order chi connectivity index (χ1) is 15.1. The van der Waals surface area contributed by atoms with Crippen LogP contribution in [0.15, 0.2) is 36.4 Å². The van der Waals surface area contributed by atoms with Gasteiger partial charge in [0.25, 0.3) is 5.91 Å². The molecule has 32 heavy (non-hydrogen) atoms. The molecule has 0 aromatic heterocycles. The van der Waals surface area contributed by atoms with E-state index in [-0.39, 0.29) is 43.6 Å². The molecule has 1 fully saturated rings. The van der Waals surface area contributed by atoms with Crippen molar-refractivity contribution in [1.82, 2.24) is 10.6 Å². The molecule has 168 valence electrons. The first-order valence-electron chi connectivity index (χ1n) is 9.86. The summed E-state index contributed by atoms with van der Waals surface area (Å²) in [4.78, 5) is 12.5. The van der Waals surface area contributed by atoms with Crippen LogP contribution in [0.1, 0.15) is 40.2 Å².